The molecule has 8 heteroatoms. The number of benzene rings is 1. The van der Waals surface area contributed by atoms with Gasteiger partial charge in [-0.2, -0.15) is 0 Å². The summed E-state index contributed by atoms with van der Waals surface area (Å²) in [7, 11) is -3.62. The molecule has 2 N–H and O–H groups in total. The van der Waals surface area contributed by atoms with Gasteiger partial charge in [0, 0.05) is 36.3 Å². The van der Waals surface area contributed by atoms with Crippen molar-refractivity contribution in [2.45, 2.75) is 37.5 Å². The fourth-order valence-electron chi connectivity index (χ4n) is 3.55. The number of nitrogens with one attached hydrogen (secondary N) is 1. The van der Waals surface area contributed by atoms with Crippen molar-refractivity contribution in [3.8, 4) is 0 Å². The molecule has 1 fully saturated rings. The SMILES string of the molecule is Cc1ccc(/C(=C/[C@H]2CCC(=O)C2)c2ccc(S(=O)(=O)CCCO)c(Cl)c2)[nH]c1=O. The first-order valence-electron chi connectivity index (χ1n) is 9.78. The lowest BCUT2D eigenvalue weighted by molar-refractivity contribution is -0.117. The van der Waals surface area contributed by atoms with Gasteiger partial charge in [0.05, 0.1) is 15.7 Å². The van der Waals surface area contributed by atoms with E-state index in [1.807, 2.05) is 6.08 Å². The van der Waals surface area contributed by atoms with Crippen LogP contribution in [-0.4, -0.2) is 36.7 Å². The lowest BCUT2D eigenvalue weighted by atomic mass is 9.96. The molecule has 0 radical (unpaired) electrons. The van der Waals surface area contributed by atoms with Crippen LogP contribution in [0, 0.1) is 12.8 Å². The Morgan fingerprint density at radius 1 is 1.27 bits per heavy atom. The van der Waals surface area contributed by atoms with Crippen LogP contribution in [0.1, 0.15) is 42.5 Å². The number of Topliss-reactive ketones (excluding diaryl/α,β-unsaturated/α-hetero) is 1. The molecule has 3 rings (SSSR count). The monoisotopic (exact) mass is 449 g/mol. The highest BCUT2D eigenvalue weighted by Crippen LogP contribution is 2.33. The Bertz CT molecular complexity index is 1150. The van der Waals surface area contributed by atoms with E-state index in [1.54, 1.807) is 31.2 Å². The van der Waals surface area contributed by atoms with Crippen LogP contribution in [0.25, 0.3) is 5.57 Å². The average Bonchev–Trinajstić information content (AvgIpc) is 3.11. The smallest absolute Gasteiger partial charge is 0.251 e. The second-order valence-electron chi connectivity index (χ2n) is 7.55. The number of allylic oxidation sites excluding steroid dienone is 1. The van der Waals surface area contributed by atoms with Crippen molar-refractivity contribution in [3.05, 3.63) is 68.6 Å². The topological polar surface area (TPSA) is 104 Å². The number of carbonyl (C=O) groups is 1. The number of halogens is 1. The molecule has 1 aromatic heterocycles. The summed E-state index contributed by atoms with van der Waals surface area (Å²) in [6.07, 6.45) is 3.80. The third kappa shape index (κ3) is 5.09. The fourth-order valence-corrected chi connectivity index (χ4v) is 5.44. The lowest BCUT2D eigenvalue weighted by Crippen LogP contribution is -2.12. The normalized spacial score (nSPS) is 17.5. The zero-order chi connectivity index (χ0) is 21.9. The second-order valence-corrected chi connectivity index (χ2v) is 10.0. The van der Waals surface area contributed by atoms with Crippen LogP contribution >= 0.6 is 11.6 Å². The van der Waals surface area contributed by atoms with Gasteiger partial charge >= 0.3 is 0 Å². The van der Waals surface area contributed by atoms with Gasteiger partial charge in [0.2, 0.25) is 0 Å². The van der Waals surface area contributed by atoms with Crippen molar-refractivity contribution in [3.63, 3.8) is 0 Å². The van der Waals surface area contributed by atoms with E-state index in [1.165, 1.54) is 6.07 Å². The predicted octanol–water partition coefficient (Wildman–Crippen LogP) is 3.29. The van der Waals surface area contributed by atoms with E-state index < -0.39 is 9.84 Å². The van der Waals surface area contributed by atoms with E-state index in [-0.39, 0.29) is 46.0 Å². The summed E-state index contributed by atoms with van der Waals surface area (Å²) in [4.78, 5) is 26.7. The van der Waals surface area contributed by atoms with Crippen LogP contribution in [0.5, 0.6) is 0 Å². The van der Waals surface area contributed by atoms with Crippen molar-refractivity contribution in [1.29, 1.82) is 0 Å². The van der Waals surface area contributed by atoms with Gasteiger partial charge in [-0.1, -0.05) is 29.8 Å². The van der Waals surface area contributed by atoms with Crippen molar-refractivity contribution in [2.24, 2.45) is 5.92 Å². The second kappa shape index (κ2) is 9.29. The largest absolute Gasteiger partial charge is 0.396 e. The Morgan fingerprint density at radius 3 is 2.63 bits per heavy atom. The van der Waals surface area contributed by atoms with Crippen LogP contribution in [0.2, 0.25) is 5.02 Å². The third-order valence-electron chi connectivity index (χ3n) is 5.23. The van der Waals surface area contributed by atoms with E-state index >= 15 is 0 Å². The summed E-state index contributed by atoms with van der Waals surface area (Å²) < 4.78 is 24.9. The molecule has 1 aliphatic rings. The minimum atomic E-state index is -3.62. The number of hydrogen-bond donors (Lipinski definition) is 2. The van der Waals surface area contributed by atoms with Crippen LogP contribution in [0.4, 0.5) is 0 Å². The Balaban J connectivity index is 2.06. The molecular formula is C22H24ClNO5S. The molecule has 1 saturated carbocycles. The number of ketones is 1. The number of aromatic nitrogens is 1. The molecule has 0 bridgehead atoms. The summed E-state index contributed by atoms with van der Waals surface area (Å²) in [6.45, 7) is 1.49. The van der Waals surface area contributed by atoms with Gasteiger partial charge < -0.3 is 10.1 Å². The summed E-state index contributed by atoms with van der Waals surface area (Å²) >= 11 is 6.33. The van der Waals surface area contributed by atoms with Crippen LogP contribution in [0.3, 0.4) is 0 Å². The number of pyridine rings is 1. The Labute approximate surface area is 180 Å². The number of aliphatic hydroxyl groups is 1. The van der Waals surface area contributed by atoms with Gasteiger partial charge in [-0.15, -0.1) is 0 Å². The number of aromatic amines is 1. The number of carbonyl (C=O) groups excluding carboxylic acids is 1. The number of rotatable bonds is 7. The number of aryl methyl sites for hydroxylation is 1. The average molecular weight is 450 g/mol. The maximum Gasteiger partial charge on any atom is 0.251 e. The van der Waals surface area contributed by atoms with Crippen LogP contribution in [-0.2, 0) is 14.6 Å². The summed E-state index contributed by atoms with van der Waals surface area (Å²) in [5.41, 5.74) is 2.30. The van der Waals surface area contributed by atoms with Crippen molar-refractivity contribution >= 4 is 32.8 Å². The molecule has 0 spiro atoms. The summed E-state index contributed by atoms with van der Waals surface area (Å²) in [5.74, 6) is 0.0567. The molecule has 1 heterocycles. The molecule has 2 aromatic rings. The molecule has 30 heavy (non-hydrogen) atoms. The Kier molecular flexibility index (Phi) is 6.95. The van der Waals surface area contributed by atoms with Crippen LogP contribution < -0.4 is 5.56 Å². The highest BCUT2D eigenvalue weighted by Gasteiger charge is 2.23. The van der Waals surface area contributed by atoms with Crippen molar-refractivity contribution in [2.75, 3.05) is 12.4 Å². The minimum absolute atomic E-state index is 0.00848. The van der Waals surface area contributed by atoms with Gasteiger partial charge in [-0.3, -0.25) is 9.59 Å². The molecule has 6 nitrogen and oxygen atoms in total. The van der Waals surface area contributed by atoms with Gasteiger partial charge in [-0.25, -0.2) is 8.42 Å². The van der Waals surface area contributed by atoms with Gasteiger partial charge in [0.15, 0.2) is 9.84 Å². The number of aliphatic hydroxyl groups excluding tert-OH is 1. The molecule has 0 amide bonds. The minimum Gasteiger partial charge on any atom is -0.396 e. The number of hydrogen-bond acceptors (Lipinski definition) is 5. The predicted molar refractivity (Wildman–Crippen MR) is 116 cm³/mol. The summed E-state index contributed by atoms with van der Waals surface area (Å²) in [6, 6.07) is 8.17. The first kappa shape index (κ1) is 22.5. The molecule has 160 valence electrons. The molecule has 0 aliphatic heterocycles. The first-order chi connectivity index (χ1) is 14.2. The standard InChI is InChI=1S/C22H24ClNO5S/c1-14-3-7-20(24-22(14)27)18(12-15-4-6-17(26)11-15)16-5-8-21(19(23)13-16)30(28,29)10-2-9-25/h3,5,7-8,12-13,15,25H,2,4,6,9-11H2,1H3,(H,24,27)/b18-12+/t15-/m0/s1. The van der Waals surface area contributed by atoms with Crippen molar-refractivity contribution in [1.82, 2.24) is 4.98 Å². The first-order valence-corrected chi connectivity index (χ1v) is 11.8. The molecule has 1 aliphatic carbocycles. The van der Waals surface area contributed by atoms with Gasteiger partial charge in [0.1, 0.15) is 5.78 Å². The number of sulfone groups is 1. The fraction of sp³-hybridized carbons (Fsp3) is 0.364. The highest BCUT2D eigenvalue weighted by molar-refractivity contribution is 7.91. The third-order valence-corrected chi connectivity index (χ3v) is 7.51. The zero-order valence-corrected chi connectivity index (χ0v) is 18.2. The summed E-state index contributed by atoms with van der Waals surface area (Å²) in [5, 5.41) is 9.00. The maximum absolute atomic E-state index is 12.5. The molecule has 0 unspecified atom stereocenters. The van der Waals surface area contributed by atoms with Gasteiger partial charge in [-0.05, 0) is 49.4 Å². The van der Waals surface area contributed by atoms with E-state index in [0.29, 0.717) is 35.2 Å². The highest BCUT2D eigenvalue weighted by atomic mass is 35.5. The molecular weight excluding hydrogens is 426 g/mol. The number of H-pyrrole nitrogens is 1. The zero-order valence-electron chi connectivity index (χ0n) is 16.7. The quantitative estimate of drug-likeness (QED) is 0.674. The van der Waals surface area contributed by atoms with Gasteiger partial charge in [0.25, 0.3) is 5.56 Å². The lowest BCUT2D eigenvalue weighted by Gasteiger charge is -2.14. The van der Waals surface area contributed by atoms with Crippen molar-refractivity contribution < 1.29 is 18.3 Å². The van der Waals surface area contributed by atoms with Crippen LogP contribution in [0.15, 0.2) is 46.1 Å². The molecule has 1 atom stereocenters. The van der Waals surface area contributed by atoms with E-state index in [9.17, 15) is 18.0 Å². The molecule has 0 saturated heterocycles. The maximum atomic E-state index is 12.5. The van der Waals surface area contributed by atoms with E-state index in [0.717, 1.165) is 6.42 Å². The molecule has 1 aromatic carbocycles. The van der Waals surface area contributed by atoms with E-state index in [2.05, 4.69) is 4.98 Å². The van der Waals surface area contributed by atoms with E-state index in [4.69, 9.17) is 16.7 Å². The Hall–Kier alpha value is -2.22. The Morgan fingerprint density at radius 2 is 2.03 bits per heavy atom.